The number of benzene rings is 1. The second kappa shape index (κ2) is 7.21. The molecule has 2 rings (SSSR count). The third kappa shape index (κ3) is 4.47. The normalized spacial score (nSPS) is 10.7. The van der Waals surface area contributed by atoms with E-state index in [2.05, 4.69) is 31.8 Å². The topological polar surface area (TPSA) is 53.5 Å². The minimum atomic E-state index is -0.180. The number of hydrogen-bond acceptors (Lipinski definition) is 4. The molecule has 2 aromatic rings. The maximum absolute atomic E-state index is 11.6. The Morgan fingerprint density at radius 1 is 1.35 bits per heavy atom. The number of hydrogen-bond donors (Lipinski definition) is 2. The summed E-state index contributed by atoms with van der Waals surface area (Å²) in [6, 6.07) is 11.7. The highest BCUT2D eigenvalue weighted by molar-refractivity contribution is 9.11. The van der Waals surface area contributed by atoms with Gasteiger partial charge < -0.3 is 5.32 Å². The van der Waals surface area contributed by atoms with E-state index in [1.807, 2.05) is 43.3 Å². The van der Waals surface area contributed by atoms with Gasteiger partial charge in [0.1, 0.15) is 0 Å². The molecule has 0 saturated heterocycles. The van der Waals surface area contributed by atoms with Crippen LogP contribution < -0.4 is 10.7 Å². The lowest BCUT2D eigenvalue weighted by Crippen LogP contribution is -2.26. The average molecular weight is 352 g/mol. The number of rotatable bonds is 5. The highest BCUT2D eigenvalue weighted by atomic mass is 79.9. The molecule has 1 heterocycles. The van der Waals surface area contributed by atoms with E-state index in [0.29, 0.717) is 0 Å². The van der Waals surface area contributed by atoms with Crippen molar-refractivity contribution in [2.24, 2.45) is 5.10 Å². The van der Waals surface area contributed by atoms with Gasteiger partial charge in [0.15, 0.2) is 0 Å². The van der Waals surface area contributed by atoms with Gasteiger partial charge in [-0.05, 0) is 46.6 Å². The second-order valence-corrected chi connectivity index (χ2v) is 6.60. The lowest BCUT2D eigenvalue weighted by Gasteiger charge is -2.07. The van der Waals surface area contributed by atoms with Crippen molar-refractivity contribution in [1.29, 1.82) is 0 Å². The van der Waals surface area contributed by atoms with Gasteiger partial charge in [-0.1, -0.05) is 18.2 Å². The fraction of sp³-hybridized carbons (Fsp3) is 0.143. The van der Waals surface area contributed by atoms with Gasteiger partial charge in [0.2, 0.25) is 0 Å². The number of carbonyl (C=O) groups excluding carboxylic acids is 1. The molecular weight excluding hydrogens is 338 g/mol. The maximum Gasteiger partial charge on any atom is 0.259 e. The Morgan fingerprint density at radius 3 is 2.85 bits per heavy atom. The number of carbonyl (C=O) groups is 1. The largest absolute Gasteiger partial charge is 0.376 e. The number of nitrogens with zero attached hydrogens (tertiary/aromatic N) is 1. The van der Waals surface area contributed by atoms with Crippen molar-refractivity contribution in [1.82, 2.24) is 5.43 Å². The summed E-state index contributed by atoms with van der Waals surface area (Å²) in [5, 5.41) is 6.99. The first kappa shape index (κ1) is 14.7. The Balaban J connectivity index is 1.78. The van der Waals surface area contributed by atoms with E-state index in [1.165, 1.54) is 0 Å². The monoisotopic (exact) mass is 351 g/mol. The van der Waals surface area contributed by atoms with E-state index < -0.39 is 0 Å². The molecule has 0 aliphatic heterocycles. The van der Waals surface area contributed by atoms with Gasteiger partial charge in [-0.15, -0.1) is 11.3 Å². The van der Waals surface area contributed by atoms with Crippen molar-refractivity contribution in [3.63, 3.8) is 0 Å². The van der Waals surface area contributed by atoms with Crippen molar-refractivity contribution in [2.75, 3.05) is 11.9 Å². The molecule has 1 aromatic heterocycles. The van der Waals surface area contributed by atoms with Crippen molar-refractivity contribution in [3.8, 4) is 0 Å². The maximum atomic E-state index is 11.6. The molecule has 1 aromatic carbocycles. The average Bonchev–Trinajstić information content (AvgIpc) is 2.83. The van der Waals surface area contributed by atoms with Gasteiger partial charge >= 0.3 is 0 Å². The molecule has 2 N–H and O–H groups in total. The molecule has 0 spiro atoms. The zero-order chi connectivity index (χ0) is 14.4. The highest BCUT2D eigenvalue weighted by Gasteiger charge is 2.01. The summed E-state index contributed by atoms with van der Waals surface area (Å²) in [5.41, 5.74) is 4.55. The van der Waals surface area contributed by atoms with Crippen LogP contribution in [0.2, 0.25) is 0 Å². The number of hydrazone groups is 1. The van der Waals surface area contributed by atoms with Crippen LogP contribution in [-0.2, 0) is 4.79 Å². The zero-order valence-corrected chi connectivity index (χ0v) is 13.3. The first-order valence-electron chi connectivity index (χ1n) is 6.02. The number of anilines is 1. The first-order chi connectivity index (χ1) is 9.65. The van der Waals surface area contributed by atoms with E-state index in [4.69, 9.17) is 0 Å². The van der Waals surface area contributed by atoms with E-state index in [0.717, 1.165) is 19.9 Å². The molecular formula is C14H14BrN3OS. The summed E-state index contributed by atoms with van der Waals surface area (Å²) in [5.74, 6) is -0.180. The molecule has 6 heteroatoms. The molecule has 0 atom stereocenters. The zero-order valence-electron chi connectivity index (χ0n) is 10.9. The number of para-hydroxylation sites is 1. The molecule has 4 nitrogen and oxygen atoms in total. The van der Waals surface area contributed by atoms with E-state index >= 15 is 0 Å². The number of amides is 1. The quantitative estimate of drug-likeness (QED) is 0.640. The molecule has 1 amide bonds. The van der Waals surface area contributed by atoms with Crippen LogP contribution in [-0.4, -0.2) is 18.7 Å². The van der Waals surface area contributed by atoms with E-state index in [-0.39, 0.29) is 12.5 Å². The van der Waals surface area contributed by atoms with Crippen LogP contribution in [0.4, 0.5) is 5.69 Å². The summed E-state index contributed by atoms with van der Waals surface area (Å²) in [6.45, 7) is 2.18. The standard InChI is InChI=1S/C14H14BrN3OS/c1-10-4-2-3-5-12(10)16-9-14(19)18-17-8-11-6-7-13(15)20-11/h2-8,16H,9H2,1H3,(H,18,19). The minimum absolute atomic E-state index is 0.180. The molecule has 104 valence electrons. The highest BCUT2D eigenvalue weighted by Crippen LogP contribution is 2.20. The smallest absolute Gasteiger partial charge is 0.259 e. The summed E-state index contributed by atoms with van der Waals surface area (Å²) >= 11 is 4.92. The lowest BCUT2D eigenvalue weighted by molar-refractivity contribution is -0.119. The summed E-state index contributed by atoms with van der Waals surface area (Å²) in [7, 11) is 0. The number of thiophene rings is 1. The predicted molar refractivity (Wildman–Crippen MR) is 87.4 cm³/mol. The predicted octanol–water partition coefficient (Wildman–Crippen LogP) is 3.38. The molecule has 0 bridgehead atoms. The molecule has 0 unspecified atom stereocenters. The van der Waals surface area contributed by atoms with Crippen LogP contribution in [0.5, 0.6) is 0 Å². The molecule has 0 aliphatic carbocycles. The van der Waals surface area contributed by atoms with Gasteiger partial charge in [0, 0.05) is 10.6 Å². The summed E-state index contributed by atoms with van der Waals surface area (Å²) in [4.78, 5) is 12.6. The third-order valence-electron chi connectivity index (χ3n) is 2.56. The fourth-order valence-corrected chi connectivity index (χ4v) is 2.85. The Morgan fingerprint density at radius 2 is 2.15 bits per heavy atom. The van der Waals surface area contributed by atoms with Gasteiger partial charge in [0.05, 0.1) is 16.5 Å². The minimum Gasteiger partial charge on any atom is -0.376 e. The van der Waals surface area contributed by atoms with Crippen LogP contribution in [0.25, 0.3) is 0 Å². The van der Waals surface area contributed by atoms with Gasteiger partial charge in [-0.3, -0.25) is 4.79 Å². The first-order valence-corrected chi connectivity index (χ1v) is 7.63. The molecule has 0 aliphatic rings. The number of halogens is 1. The Bertz CT molecular complexity index is 624. The van der Waals surface area contributed by atoms with E-state index in [1.54, 1.807) is 17.6 Å². The van der Waals surface area contributed by atoms with E-state index in [9.17, 15) is 4.79 Å². The summed E-state index contributed by atoms with van der Waals surface area (Å²) < 4.78 is 1.03. The summed E-state index contributed by atoms with van der Waals surface area (Å²) in [6.07, 6.45) is 1.63. The molecule has 0 saturated carbocycles. The van der Waals surface area contributed by atoms with Crippen molar-refractivity contribution in [3.05, 3.63) is 50.6 Å². The Hall–Kier alpha value is -1.66. The van der Waals surface area contributed by atoms with Gasteiger partial charge in [-0.25, -0.2) is 5.43 Å². The SMILES string of the molecule is Cc1ccccc1NCC(=O)NN=Cc1ccc(Br)s1. The Kier molecular flexibility index (Phi) is 5.31. The van der Waals surface area contributed by atoms with Crippen LogP contribution in [0, 0.1) is 6.92 Å². The van der Waals surface area contributed by atoms with Crippen LogP contribution in [0.1, 0.15) is 10.4 Å². The van der Waals surface area contributed by atoms with Crippen molar-refractivity contribution in [2.45, 2.75) is 6.92 Å². The van der Waals surface area contributed by atoms with Crippen LogP contribution in [0.15, 0.2) is 45.3 Å². The second-order valence-electron chi connectivity index (χ2n) is 4.10. The van der Waals surface area contributed by atoms with Crippen molar-refractivity contribution >= 4 is 45.1 Å². The third-order valence-corrected chi connectivity index (χ3v) is 4.12. The molecule has 0 fully saturated rings. The van der Waals surface area contributed by atoms with Gasteiger partial charge in [-0.2, -0.15) is 5.10 Å². The lowest BCUT2D eigenvalue weighted by atomic mass is 10.2. The molecule has 20 heavy (non-hydrogen) atoms. The number of nitrogens with one attached hydrogen (secondary N) is 2. The fourth-order valence-electron chi connectivity index (χ4n) is 1.55. The van der Waals surface area contributed by atoms with Crippen molar-refractivity contribution < 1.29 is 4.79 Å². The number of aryl methyl sites for hydroxylation is 1. The van der Waals surface area contributed by atoms with Gasteiger partial charge in [0.25, 0.3) is 5.91 Å². The van der Waals surface area contributed by atoms with Crippen LogP contribution in [0.3, 0.4) is 0 Å². The van der Waals surface area contributed by atoms with Crippen LogP contribution >= 0.6 is 27.3 Å². The Labute approximate surface area is 130 Å². The molecule has 0 radical (unpaired) electrons.